The third kappa shape index (κ3) is 9.33. The molecule has 3 aromatic carbocycles. The quantitative estimate of drug-likeness (QED) is 0.208. The van der Waals surface area contributed by atoms with E-state index < -0.39 is 10.0 Å². The number of benzene rings is 3. The maximum Gasteiger partial charge on any atom is 0.305 e. The van der Waals surface area contributed by atoms with Gasteiger partial charge in [0.1, 0.15) is 12.6 Å². The molecule has 4 aromatic rings. The lowest BCUT2D eigenvalue weighted by molar-refractivity contribution is -0.140. The average Bonchev–Trinajstić information content (AvgIpc) is 3.00. The van der Waals surface area contributed by atoms with Crippen molar-refractivity contribution in [2.75, 3.05) is 25.6 Å². The second kappa shape index (κ2) is 16.9. The van der Waals surface area contributed by atoms with Gasteiger partial charge in [-0.1, -0.05) is 60.7 Å². The number of ether oxygens (including phenoxy) is 2. The van der Waals surface area contributed by atoms with Crippen LogP contribution in [0.15, 0.2) is 90.0 Å². The summed E-state index contributed by atoms with van der Waals surface area (Å²) in [5.74, 6) is 0.00847. The van der Waals surface area contributed by atoms with Crippen LogP contribution in [0.25, 0.3) is 11.1 Å². The van der Waals surface area contributed by atoms with Crippen LogP contribution in [0, 0.1) is 20.8 Å². The van der Waals surface area contributed by atoms with Crippen molar-refractivity contribution in [3.05, 3.63) is 113 Å². The number of nitrogens with zero attached hydrogens (tertiary/aromatic N) is 2. The first-order chi connectivity index (χ1) is 20.6. The molecule has 0 unspecified atom stereocenters. The Bertz CT molecular complexity index is 1570. The summed E-state index contributed by atoms with van der Waals surface area (Å²) in [5.41, 5.74) is 6.85. The maximum atomic E-state index is 14.0. The minimum atomic E-state index is -3.92. The summed E-state index contributed by atoms with van der Waals surface area (Å²) in [5, 5.41) is 0. The fourth-order valence-electron chi connectivity index (χ4n) is 4.58. The number of carbonyl (C=O) groups excluding carboxylic acids is 2. The molecule has 0 aliphatic carbocycles. The minimum absolute atomic E-state index is 0.115. The van der Waals surface area contributed by atoms with Gasteiger partial charge in [0, 0.05) is 26.8 Å². The molecule has 1 aromatic heterocycles. The van der Waals surface area contributed by atoms with E-state index in [-0.39, 0.29) is 23.8 Å². The van der Waals surface area contributed by atoms with Crippen molar-refractivity contribution in [1.29, 1.82) is 0 Å². The molecule has 0 fully saturated rings. The van der Waals surface area contributed by atoms with E-state index >= 15 is 0 Å². The van der Waals surface area contributed by atoms with Gasteiger partial charge in [0.05, 0.1) is 18.6 Å². The van der Waals surface area contributed by atoms with Gasteiger partial charge in [-0.3, -0.25) is 4.79 Å². The molecule has 9 heteroatoms. The molecule has 0 aliphatic rings. The lowest BCUT2D eigenvalue weighted by atomic mass is 9.95. The third-order valence-corrected chi connectivity index (χ3v) is 8.51. The Morgan fingerprint density at radius 1 is 0.814 bits per heavy atom. The Morgan fingerprint density at radius 3 is 2.00 bits per heavy atom. The molecule has 8 nitrogen and oxygen atoms in total. The second-order valence-electron chi connectivity index (χ2n) is 9.75. The van der Waals surface area contributed by atoms with Crippen molar-refractivity contribution in [2.45, 2.75) is 45.1 Å². The number of rotatable bonds is 9. The summed E-state index contributed by atoms with van der Waals surface area (Å²) in [4.78, 5) is 24.3. The summed E-state index contributed by atoms with van der Waals surface area (Å²) in [6, 6.07) is 24.6. The van der Waals surface area contributed by atoms with Crippen LogP contribution in [0.1, 0.15) is 34.2 Å². The van der Waals surface area contributed by atoms with E-state index in [1.807, 2.05) is 43.2 Å². The molecule has 0 radical (unpaired) electrons. The fourth-order valence-corrected chi connectivity index (χ4v) is 6.21. The number of esters is 1. The maximum absolute atomic E-state index is 14.0. The van der Waals surface area contributed by atoms with E-state index in [1.165, 1.54) is 11.4 Å². The number of pyridine rings is 1. The Morgan fingerprint density at radius 2 is 1.42 bits per heavy atom. The highest BCUT2D eigenvalue weighted by Crippen LogP contribution is 2.30. The van der Waals surface area contributed by atoms with Crippen LogP contribution in [-0.4, -0.2) is 47.5 Å². The van der Waals surface area contributed by atoms with Gasteiger partial charge in [-0.05, 0) is 84.3 Å². The normalized spacial score (nSPS) is 10.5. The number of hydrogen-bond donors (Lipinski definition) is 0. The zero-order valence-electron chi connectivity index (χ0n) is 25.7. The molecule has 0 amide bonds. The summed E-state index contributed by atoms with van der Waals surface area (Å²) in [6.07, 6.45) is 2.31. The van der Waals surface area contributed by atoms with Crippen molar-refractivity contribution < 1.29 is 27.5 Å². The minimum Gasteiger partial charge on any atom is -0.469 e. The van der Waals surface area contributed by atoms with E-state index in [0.717, 1.165) is 33.4 Å². The molecule has 0 bridgehead atoms. The highest BCUT2D eigenvalue weighted by molar-refractivity contribution is 7.92. The number of aryl methyl sites for hydroxylation is 4. The third-order valence-electron chi connectivity index (χ3n) is 6.59. The lowest BCUT2D eigenvalue weighted by Crippen LogP contribution is -2.31. The molecule has 0 N–H and O–H groups in total. The second-order valence-corrected chi connectivity index (χ2v) is 11.6. The standard InChI is InChI=1S/C31H32N2O4S.C2H6O.CH2O/c1-22-9-5-6-14-28(22)38(35,36)33(29-17-15-25(20-32-29)16-18-30(34)37-4)21-26-12-8-13-27(19-26)31-23(2)10-7-11-24(31)3;1-3-2;1-2/h5-15,17,19-20H,16,18,21H2,1-4H3;1-2H3;1H2. The number of hydrogen-bond acceptors (Lipinski definition) is 7. The SMILES string of the molecule is C=O.COC.COC(=O)CCc1ccc(N(Cc2cccc(-c3c(C)cccc3C)c2)S(=O)(=O)c2ccccc2C)nc1. The van der Waals surface area contributed by atoms with E-state index in [1.54, 1.807) is 57.7 Å². The van der Waals surface area contributed by atoms with E-state index in [0.29, 0.717) is 17.8 Å². The molecule has 228 valence electrons. The molecule has 0 spiro atoms. The number of sulfonamides is 1. The predicted octanol–water partition coefficient (Wildman–Crippen LogP) is 6.25. The Kier molecular flexibility index (Phi) is 13.7. The van der Waals surface area contributed by atoms with Gasteiger partial charge in [0.15, 0.2) is 0 Å². The van der Waals surface area contributed by atoms with Crippen LogP contribution in [0.2, 0.25) is 0 Å². The first-order valence-electron chi connectivity index (χ1n) is 13.6. The first kappa shape index (κ1) is 34.9. The molecule has 4 rings (SSSR count). The molecule has 0 atom stereocenters. The summed E-state index contributed by atoms with van der Waals surface area (Å²) in [6.45, 7) is 8.06. The van der Waals surface area contributed by atoms with Gasteiger partial charge in [-0.25, -0.2) is 17.7 Å². The number of carbonyl (C=O) groups is 2. The lowest BCUT2D eigenvalue weighted by Gasteiger charge is -2.25. The number of anilines is 1. The zero-order chi connectivity index (χ0) is 32.0. The van der Waals surface area contributed by atoms with E-state index in [4.69, 9.17) is 9.53 Å². The van der Waals surface area contributed by atoms with E-state index in [9.17, 15) is 13.2 Å². The largest absolute Gasteiger partial charge is 0.469 e. The molecule has 0 saturated carbocycles. The van der Waals surface area contributed by atoms with Crippen molar-refractivity contribution in [2.24, 2.45) is 0 Å². The monoisotopic (exact) mass is 604 g/mol. The van der Waals surface area contributed by atoms with Gasteiger partial charge >= 0.3 is 5.97 Å². The smallest absolute Gasteiger partial charge is 0.305 e. The Hall–Kier alpha value is -4.34. The first-order valence-corrected chi connectivity index (χ1v) is 15.0. The summed E-state index contributed by atoms with van der Waals surface area (Å²) in [7, 11) is 0.682. The van der Waals surface area contributed by atoms with Gasteiger partial charge < -0.3 is 14.3 Å². The van der Waals surface area contributed by atoms with Crippen LogP contribution >= 0.6 is 0 Å². The summed E-state index contributed by atoms with van der Waals surface area (Å²) < 4.78 is 38.3. The molecule has 43 heavy (non-hydrogen) atoms. The van der Waals surface area contributed by atoms with Crippen LogP contribution in [-0.2, 0) is 42.1 Å². The molecule has 1 heterocycles. The van der Waals surface area contributed by atoms with Crippen molar-refractivity contribution in [1.82, 2.24) is 4.98 Å². The topological polar surface area (TPSA) is 103 Å². The van der Waals surface area contributed by atoms with Gasteiger partial charge in [-0.2, -0.15) is 0 Å². The zero-order valence-corrected chi connectivity index (χ0v) is 26.5. The van der Waals surface area contributed by atoms with Crippen LogP contribution in [0.5, 0.6) is 0 Å². The Balaban J connectivity index is 0.00000121. The average molecular weight is 605 g/mol. The van der Waals surface area contributed by atoms with Crippen LogP contribution in [0.4, 0.5) is 5.82 Å². The van der Waals surface area contributed by atoms with Gasteiger partial charge in [0.2, 0.25) is 0 Å². The molecular formula is C34H40N2O6S. The number of aromatic nitrogens is 1. The van der Waals surface area contributed by atoms with Crippen molar-refractivity contribution >= 4 is 28.6 Å². The summed E-state index contributed by atoms with van der Waals surface area (Å²) >= 11 is 0. The molecule has 0 saturated heterocycles. The highest BCUT2D eigenvalue weighted by Gasteiger charge is 2.28. The van der Waals surface area contributed by atoms with Gasteiger partial charge in [-0.15, -0.1) is 0 Å². The molecule has 0 aliphatic heterocycles. The number of methoxy groups -OCH3 is 2. The van der Waals surface area contributed by atoms with Crippen LogP contribution < -0.4 is 4.31 Å². The fraction of sp³-hybridized carbons (Fsp3) is 0.265. The van der Waals surface area contributed by atoms with Crippen LogP contribution in [0.3, 0.4) is 0 Å². The van der Waals surface area contributed by atoms with Crippen molar-refractivity contribution in [3.8, 4) is 11.1 Å². The Labute approximate surface area is 255 Å². The van der Waals surface area contributed by atoms with Crippen molar-refractivity contribution in [3.63, 3.8) is 0 Å². The van der Waals surface area contributed by atoms with E-state index in [2.05, 4.69) is 35.7 Å². The predicted molar refractivity (Wildman–Crippen MR) is 171 cm³/mol. The van der Waals surface area contributed by atoms with Gasteiger partial charge in [0.25, 0.3) is 10.0 Å². The highest BCUT2D eigenvalue weighted by atomic mass is 32.2. The molecular weight excluding hydrogens is 564 g/mol.